The van der Waals surface area contributed by atoms with Crippen LogP contribution in [-0.4, -0.2) is 16.8 Å². The van der Waals surface area contributed by atoms with E-state index in [1.807, 2.05) is 39.5 Å². The molecule has 1 atom stereocenters. The number of nitrogens with one attached hydrogen (secondary N) is 1. The van der Waals surface area contributed by atoms with Crippen molar-refractivity contribution in [3.63, 3.8) is 0 Å². The number of halogens is 1. The standard InChI is InChI=1S/C15H20FN3/c1-11-4-6-14(16)13(8-11)15(17-2)7-5-12-9-18-19(3)10-12/h4,6,8-10,15,17H,5,7H2,1-3H3. The van der Waals surface area contributed by atoms with E-state index < -0.39 is 0 Å². The first-order chi connectivity index (χ1) is 9.10. The van der Waals surface area contributed by atoms with Gasteiger partial charge in [-0.3, -0.25) is 4.68 Å². The van der Waals surface area contributed by atoms with E-state index in [4.69, 9.17) is 0 Å². The summed E-state index contributed by atoms with van der Waals surface area (Å²) in [5.74, 6) is -0.142. The average molecular weight is 261 g/mol. The Hall–Kier alpha value is -1.68. The molecule has 0 fully saturated rings. The highest BCUT2D eigenvalue weighted by Crippen LogP contribution is 2.22. The van der Waals surface area contributed by atoms with Crippen molar-refractivity contribution in [2.75, 3.05) is 7.05 Å². The first kappa shape index (κ1) is 13.7. The Morgan fingerprint density at radius 2 is 2.21 bits per heavy atom. The van der Waals surface area contributed by atoms with E-state index in [0.29, 0.717) is 0 Å². The lowest BCUT2D eigenvalue weighted by Crippen LogP contribution is -2.18. The van der Waals surface area contributed by atoms with Gasteiger partial charge in [-0.2, -0.15) is 5.10 Å². The van der Waals surface area contributed by atoms with Crippen LogP contribution in [-0.2, 0) is 13.5 Å². The quantitative estimate of drug-likeness (QED) is 0.897. The van der Waals surface area contributed by atoms with Crippen molar-refractivity contribution < 1.29 is 4.39 Å². The number of hydrogen-bond donors (Lipinski definition) is 1. The van der Waals surface area contributed by atoms with Gasteiger partial charge in [0.1, 0.15) is 5.82 Å². The van der Waals surface area contributed by atoms with E-state index in [-0.39, 0.29) is 11.9 Å². The highest BCUT2D eigenvalue weighted by molar-refractivity contribution is 5.27. The van der Waals surface area contributed by atoms with Crippen molar-refractivity contribution in [1.82, 2.24) is 15.1 Å². The average Bonchev–Trinajstić information content (AvgIpc) is 2.80. The van der Waals surface area contributed by atoms with Crippen LogP contribution in [0.1, 0.15) is 29.2 Å². The third kappa shape index (κ3) is 3.41. The lowest BCUT2D eigenvalue weighted by atomic mass is 9.98. The Morgan fingerprint density at radius 3 is 2.84 bits per heavy atom. The maximum absolute atomic E-state index is 13.9. The van der Waals surface area contributed by atoms with E-state index in [0.717, 1.165) is 24.0 Å². The van der Waals surface area contributed by atoms with E-state index in [2.05, 4.69) is 10.4 Å². The number of benzene rings is 1. The predicted molar refractivity (Wildman–Crippen MR) is 74.5 cm³/mol. The fourth-order valence-electron chi connectivity index (χ4n) is 2.30. The van der Waals surface area contributed by atoms with Crippen LogP contribution in [0.15, 0.2) is 30.6 Å². The fraction of sp³-hybridized carbons (Fsp3) is 0.400. The molecule has 0 radical (unpaired) electrons. The zero-order valence-electron chi connectivity index (χ0n) is 11.7. The van der Waals surface area contributed by atoms with Crippen LogP contribution < -0.4 is 5.32 Å². The molecule has 1 aromatic heterocycles. The Kier molecular flexibility index (Phi) is 4.32. The largest absolute Gasteiger partial charge is 0.313 e. The van der Waals surface area contributed by atoms with Crippen molar-refractivity contribution in [1.29, 1.82) is 0 Å². The first-order valence-electron chi connectivity index (χ1n) is 6.51. The van der Waals surface area contributed by atoms with Gasteiger partial charge in [-0.25, -0.2) is 4.39 Å². The Balaban J connectivity index is 2.09. The van der Waals surface area contributed by atoms with Gasteiger partial charge >= 0.3 is 0 Å². The summed E-state index contributed by atoms with van der Waals surface area (Å²) < 4.78 is 15.7. The van der Waals surface area contributed by atoms with Crippen molar-refractivity contribution in [3.8, 4) is 0 Å². The zero-order valence-corrected chi connectivity index (χ0v) is 11.7. The topological polar surface area (TPSA) is 29.9 Å². The molecular formula is C15H20FN3. The molecule has 0 amide bonds. The molecule has 1 unspecified atom stereocenters. The molecule has 1 heterocycles. The van der Waals surface area contributed by atoms with Crippen molar-refractivity contribution in [2.45, 2.75) is 25.8 Å². The molecule has 4 heteroatoms. The summed E-state index contributed by atoms with van der Waals surface area (Å²) in [4.78, 5) is 0. The molecule has 0 aliphatic heterocycles. The van der Waals surface area contributed by atoms with Crippen LogP contribution in [0.2, 0.25) is 0 Å². The van der Waals surface area contributed by atoms with Gasteiger partial charge in [0.25, 0.3) is 0 Å². The monoisotopic (exact) mass is 261 g/mol. The molecule has 1 N–H and O–H groups in total. The van der Waals surface area contributed by atoms with Crippen molar-refractivity contribution in [3.05, 3.63) is 53.1 Å². The minimum absolute atomic E-state index is 0.0279. The molecular weight excluding hydrogens is 241 g/mol. The van der Waals surface area contributed by atoms with Gasteiger partial charge in [-0.1, -0.05) is 17.7 Å². The lowest BCUT2D eigenvalue weighted by molar-refractivity contribution is 0.508. The van der Waals surface area contributed by atoms with Gasteiger partial charge in [-0.15, -0.1) is 0 Å². The molecule has 1 aromatic carbocycles. The highest BCUT2D eigenvalue weighted by Gasteiger charge is 2.14. The van der Waals surface area contributed by atoms with Gasteiger partial charge in [0.05, 0.1) is 6.20 Å². The fourth-order valence-corrected chi connectivity index (χ4v) is 2.30. The van der Waals surface area contributed by atoms with Crippen LogP contribution >= 0.6 is 0 Å². The second-order valence-electron chi connectivity index (χ2n) is 4.93. The molecule has 0 saturated carbocycles. The third-order valence-electron chi connectivity index (χ3n) is 3.36. The second kappa shape index (κ2) is 5.97. The lowest BCUT2D eigenvalue weighted by Gasteiger charge is -2.17. The summed E-state index contributed by atoms with van der Waals surface area (Å²) in [5, 5.41) is 7.34. The molecule has 3 nitrogen and oxygen atoms in total. The maximum Gasteiger partial charge on any atom is 0.127 e. The van der Waals surface area contributed by atoms with Gasteiger partial charge in [0, 0.05) is 24.8 Å². The normalized spacial score (nSPS) is 12.6. The van der Waals surface area contributed by atoms with Crippen LogP contribution in [0, 0.1) is 12.7 Å². The summed E-state index contributed by atoms with van der Waals surface area (Å²) in [6.07, 6.45) is 5.59. The van der Waals surface area contributed by atoms with Crippen LogP contribution in [0.25, 0.3) is 0 Å². The summed E-state index contributed by atoms with van der Waals surface area (Å²) >= 11 is 0. The Morgan fingerprint density at radius 1 is 1.42 bits per heavy atom. The van der Waals surface area contributed by atoms with E-state index in [9.17, 15) is 4.39 Å². The number of aryl methyl sites for hydroxylation is 3. The SMILES string of the molecule is CNC(CCc1cnn(C)c1)c1cc(C)ccc1F. The summed E-state index contributed by atoms with van der Waals surface area (Å²) in [5.41, 5.74) is 3.00. The molecule has 2 aromatic rings. The summed E-state index contributed by atoms with van der Waals surface area (Å²) in [7, 11) is 3.77. The molecule has 0 aliphatic carbocycles. The van der Waals surface area contributed by atoms with Crippen LogP contribution in [0.3, 0.4) is 0 Å². The zero-order chi connectivity index (χ0) is 13.8. The van der Waals surface area contributed by atoms with Crippen LogP contribution in [0.5, 0.6) is 0 Å². The summed E-state index contributed by atoms with van der Waals surface area (Å²) in [6.45, 7) is 1.98. The van der Waals surface area contributed by atoms with Gasteiger partial charge in [0.2, 0.25) is 0 Å². The molecule has 102 valence electrons. The molecule has 0 spiro atoms. The molecule has 0 aliphatic rings. The number of aromatic nitrogens is 2. The first-order valence-corrected chi connectivity index (χ1v) is 6.51. The highest BCUT2D eigenvalue weighted by atomic mass is 19.1. The molecule has 19 heavy (non-hydrogen) atoms. The van der Waals surface area contributed by atoms with Gasteiger partial charge in [0.15, 0.2) is 0 Å². The molecule has 0 bridgehead atoms. The number of nitrogens with zero attached hydrogens (tertiary/aromatic N) is 2. The van der Waals surface area contributed by atoms with Crippen LogP contribution in [0.4, 0.5) is 4.39 Å². The second-order valence-corrected chi connectivity index (χ2v) is 4.93. The Labute approximate surface area is 113 Å². The van der Waals surface area contributed by atoms with E-state index in [1.54, 1.807) is 16.8 Å². The minimum atomic E-state index is -0.142. The number of hydrogen-bond acceptors (Lipinski definition) is 2. The summed E-state index contributed by atoms with van der Waals surface area (Å²) in [6, 6.07) is 5.28. The number of rotatable bonds is 5. The van der Waals surface area contributed by atoms with Crippen molar-refractivity contribution >= 4 is 0 Å². The predicted octanol–water partition coefficient (Wildman–Crippen LogP) is 2.76. The molecule has 0 saturated heterocycles. The van der Waals surface area contributed by atoms with Gasteiger partial charge < -0.3 is 5.32 Å². The smallest absolute Gasteiger partial charge is 0.127 e. The van der Waals surface area contributed by atoms with E-state index in [1.165, 1.54) is 5.56 Å². The van der Waals surface area contributed by atoms with Crippen molar-refractivity contribution in [2.24, 2.45) is 7.05 Å². The molecule has 2 rings (SSSR count). The van der Waals surface area contributed by atoms with Gasteiger partial charge in [-0.05, 0) is 38.4 Å². The minimum Gasteiger partial charge on any atom is -0.313 e. The third-order valence-corrected chi connectivity index (χ3v) is 3.36. The Bertz CT molecular complexity index is 548. The van der Waals surface area contributed by atoms with E-state index >= 15 is 0 Å². The maximum atomic E-state index is 13.9.